The highest BCUT2D eigenvalue weighted by atomic mass is 79.9. The minimum absolute atomic E-state index is 0.318. The van der Waals surface area contributed by atoms with Gasteiger partial charge in [-0.1, -0.05) is 0 Å². The summed E-state index contributed by atoms with van der Waals surface area (Å²) in [6.45, 7) is 0. The maximum Gasteiger partial charge on any atom is 0.405 e. The maximum atomic E-state index is 13.9. The van der Waals surface area contributed by atoms with Crippen LogP contribution in [-0.2, 0) is 0 Å². The fourth-order valence-electron chi connectivity index (χ4n) is 2.04. The highest BCUT2D eigenvalue weighted by Crippen LogP contribution is 2.32. The predicted octanol–water partition coefficient (Wildman–Crippen LogP) is 3.30. The van der Waals surface area contributed by atoms with E-state index in [1.807, 2.05) is 5.32 Å². The average molecular weight is 391 g/mol. The lowest BCUT2D eigenvalue weighted by Crippen LogP contribution is -2.32. The molecule has 0 radical (unpaired) electrons. The first-order valence-corrected chi connectivity index (χ1v) is 7.02. The third-order valence-electron chi connectivity index (χ3n) is 3.04. The number of hydrogen-bond acceptors (Lipinski definition) is 3. The third-order valence-corrected chi connectivity index (χ3v) is 3.47. The van der Waals surface area contributed by atoms with Crippen molar-refractivity contribution in [3.05, 3.63) is 63.6 Å². The minimum Gasteiger partial charge on any atom is -0.465 e. The smallest absolute Gasteiger partial charge is 0.405 e. The van der Waals surface area contributed by atoms with Crippen molar-refractivity contribution in [1.29, 1.82) is 0 Å². The quantitative estimate of drug-likeness (QED) is 0.699. The molecule has 2 rings (SSSR count). The van der Waals surface area contributed by atoms with Gasteiger partial charge in [0.25, 0.3) is 0 Å². The van der Waals surface area contributed by atoms with Gasteiger partial charge in [-0.2, -0.15) is 4.39 Å². The maximum absolute atomic E-state index is 13.9. The molecule has 1 aromatic carbocycles. The first kappa shape index (κ1) is 17.2. The van der Waals surface area contributed by atoms with Crippen LogP contribution in [-0.4, -0.2) is 21.3 Å². The van der Waals surface area contributed by atoms with Gasteiger partial charge >= 0.3 is 6.09 Å². The first-order chi connectivity index (χ1) is 10.8. The second-order valence-electron chi connectivity index (χ2n) is 4.57. The van der Waals surface area contributed by atoms with Gasteiger partial charge in [-0.05, 0) is 40.2 Å². The van der Waals surface area contributed by atoms with Crippen LogP contribution in [0.15, 0.2) is 34.9 Å². The second kappa shape index (κ2) is 6.97. The second-order valence-corrected chi connectivity index (χ2v) is 5.49. The minimum atomic E-state index is -1.87. The van der Waals surface area contributed by atoms with Gasteiger partial charge in [0.1, 0.15) is 17.7 Å². The number of benzene rings is 1. The van der Waals surface area contributed by atoms with Crippen molar-refractivity contribution in [1.82, 2.24) is 10.3 Å². The Balaban J connectivity index is 2.51. The Bertz CT molecular complexity index is 745. The van der Waals surface area contributed by atoms with Gasteiger partial charge in [0.2, 0.25) is 5.95 Å². The highest BCUT2D eigenvalue weighted by Gasteiger charge is 2.30. The lowest BCUT2D eigenvalue weighted by atomic mass is 9.96. The molecular formula is C14H10BrF3N2O3. The number of aliphatic hydroxyl groups is 1. The summed E-state index contributed by atoms with van der Waals surface area (Å²) in [5.74, 6) is -2.84. The number of aromatic nitrogens is 1. The van der Waals surface area contributed by atoms with Crippen LogP contribution < -0.4 is 5.32 Å². The summed E-state index contributed by atoms with van der Waals surface area (Å²) in [6, 6.07) is 1.92. The summed E-state index contributed by atoms with van der Waals surface area (Å²) in [7, 11) is 0. The SMILES string of the molecule is O=C(O)N[C@H](c1cc(Br)cnc1F)[C@@H](O)c1cc(F)ccc1F. The van der Waals surface area contributed by atoms with Crippen molar-refractivity contribution >= 4 is 22.0 Å². The fraction of sp³-hybridized carbons (Fsp3) is 0.143. The number of nitrogens with zero attached hydrogens (tertiary/aromatic N) is 1. The Kier molecular flexibility index (Phi) is 5.22. The van der Waals surface area contributed by atoms with E-state index in [0.717, 1.165) is 18.3 Å². The third kappa shape index (κ3) is 3.99. The van der Waals surface area contributed by atoms with E-state index in [1.54, 1.807) is 0 Å². The molecule has 0 bridgehead atoms. The van der Waals surface area contributed by atoms with Gasteiger partial charge in [0.05, 0.1) is 6.04 Å². The lowest BCUT2D eigenvalue weighted by Gasteiger charge is -2.24. The molecule has 2 atom stereocenters. The number of nitrogens with one attached hydrogen (secondary N) is 1. The van der Waals surface area contributed by atoms with Crippen LogP contribution in [0.1, 0.15) is 23.3 Å². The molecule has 0 spiro atoms. The number of halogens is 4. The summed E-state index contributed by atoms with van der Waals surface area (Å²) in [5, 5.41) is 21.0. The molecule has 1 heterocycles. The zero-order valence-electron chi connectivity index (χ0n) is 11.3. The van der Waals surface area contributed by atoms with Gasteiger partial charge < -0.3 is 15.5 Å². The summed E-state index contributed by atoms with van der Waals surface area (Å²) in [4.78, 5) is 14.3. The van der Waals surface area contributed by atoms with E-state index in [9.17, 15) is 23.1 Å². The average Bonchev–Trinajstić information content (AvgIpc) is 2.49. The Morgan fingerprint density at radius 2 is 1.91 bits per heavy atom. The molecule has 1 amide bonds. The number of pyridine rings is 1. The lowest BCUT2D eigenvalue weighted by molar-refractivity contribution is 0.115. The van der Waals surface area contributed by atoms with Gasteiger partial charge in [-0.3, -0.25) is 0 Å². The molecule has 1 aromatic heterocycles. The van der Waals surface area contributed by atoms with Crippen molar-refractivity contribution in [2.45, 2.75) is 12.1 Å². The van der Waals surface area contributed by atoms with E-state index in [4.69, 9.17) is 5.11 Å². The first-order valence-electron chi connectivity index (χ1n) is 6.23. The monoisotopic (exact) mass is 390 g/mol. The molecule has 3 N–H and O–H groups in total. The molecule has 0 aliphatic carbocycles. The van der Waals surface area contributed by atoms with Crippen LogP contribution in [0.3, 0.4) is 0 Å². The molecule has 0 saturated heterocycles. The van der Waals surface area contributed by atoms with E-state index in [2.05, 4.69) is 20.9 Å². The Morgan fingerprint density at radius 1 is 1.22 bits per heavy atom. The number of amides is 1. The Morgan fingerprint density at radius 3 is 2.57 bits per heavy atom. The molecule has 0 aliphatic rings. The zero-order valence-corrected chi connectivity index (χ0v) is 12.9. The van der Waals surface area contributed by atoms with Crippen molar-refractivity contribution in [3.63, 3.8) is 0 Å². The van der Waals surface area contributed by atoms with Gasteiger partial charge in [0, 0.05) is 21.8 Å². The summed E-state index contributed by atoms with van der Waals surface area (Å²) < 4.78 is 41.3. The largest absolute Gasteiger partial charge is 0.465 e. The van der Waals surface area contributed by atoms with Crippen molar-refractivity contribution < 1.29 is 28.2 Å². The summed E-state index contributed by atoms with van der Waals surface area (Å²) in [5.41, 5.74) is -0.832. The van der Waals surface area contributed by atoms with E-state index in [-0.39, 0.29) is 5.56 Å². The topological polar surface area (TPSA) is 82.5 Å². The van der Waals surface area contributed by atoms with E-state index < -0.39 is 41.4 Å². The standard InChI is InChI=1S/C14H10BrF3N2O3/c15-6-3-9(13(18)19-5-6)11(20-14(22)23)12(21)8-4-7(16)1-2-10(8)17/h1-5,11-12,20-21H,(H,22,23)/t11-,12+/m1/s1. The molecule has 0 fully saturated rings. The molecule has 23 heavy (non-hydrogen) atoms. The predicted molar refractivity (Wildman–Crippen MR) is 77.1 cm³/mol. The molecule has 5 nitrogen and oxygen atoms in total. The van der Waals surface area contributed by atoms with Crippen LogP contribution in [0, 0.1) is 17.6 Å². The number of carbonyl (C=O) groups is 1. The Hall–Kier alpha value is -2.13. The van der Waals surface area contributed by atoms with E-state index in [1.165, 1.54) is 6.07 Å². The molecule has 0 unspecified atom stereocenters. The molecule has 9 heteroatoms. The highest BCUT2D eigenvalue weighted by molar-refractivity contribution is 9.10. The van der Waals surface area contributed by atoms with Crippen LogP contribution in [0.5, 0.6) is 0 Å². The number of aliphatic hydroxyl groups excluding tert-OH is 1. The zero-order chi connectivity index (χ0) is 17.1. The van der Waals surface area contributed by atoms with Crippen molar-refractivity contribution in [2.24, 2.45) is 0 Å². The number of carboxylic acid groups (broad SMARTS) is 1. The summed E-state index contributed by atoms with van der Waals surface area (Å²) >= 11 is 3.04. The normalized spacial score (nSPS) is 13.4. The van der Waals surface area contributed by atoms with Crippen LogP contribution in [0.2, 0.25) is 0 Å². The molecule has 0 aliphatic heterocycles. The van der Waals surface area contributed by atoms with Gasteiger partial charge in [-0.15, -0.1) is 0 Å². The molecule has 0 saturated carbocycles. The van der Waals surface area contributed by atoms with Crippen LogP contribution >= 0.6 is 15.9 Å². The number of rotatable bonds is 4. The van der Waals surface area contributed by atoms with Gasteiger partial charge in [0.15, 0.2) is 0 Å². The van der Waals surface area contributed by atoms with Gasteiger partial charge in [-0.25, -0.2) is 18.6 Å². The van der Waals surface area contributed by atoms with Crippen molar-refractivity contribution in [3.8, 4) is 0 Å². The fourth-order valence-corrected chi connectivity index (χ4v) is 2.39. The summed E-state index contributed by atoms with van der Waals surface area (Å²) in [6.07, 6.45) is -2.32. The Labute approximate surface area is 136 Å². The molecule has 2 aromatic rings. The number of hydrogen-bond donors (Lipinski definition) is 3. The van der Waals surface area contributed by atoms with Crippen LogP contribution in [0.4, 0.5) is 18.0 Å². The van der Waals surface area contributed by atoms with E-state index in [0.29, 0.717) is 10.5 Å². The molecular weight excluding hydrogens is 381 g/mol. The molecule has 122 valence electrons. The van der Waals surface area contributed by atoms with Crippen molar-refractivity contribution in [2.75, 3.05) is 0 Å². The van der Waals surface area contributed by atoms with E-state index >= 15 is 0 Å². The van der Waals surface area contributed by atoms with Crippen LogP contribution in [0.25, 0.3) is 0 Å².